The van der Waals surface area contributed by atoms with Crippen LogP contribution in [0.15, 0.2) is 42.5 Å². The van der Waals surface area contributed by atoms with Crippen molar-refractivity contribution >= 4 is 17.3 Å². The van der Waals surface area contributed by atoms with Crippen LogP contribution in [0, 0.1) is 12.7 Å². The van der Waals surface area contributed by atoms with Gasteiger partial charge in [0.2, 0.25) is 5.91 Å². The van der Waals surface area contributed by atoms with Gasteiger partial charge in [-0.2, -0.15) is 0 Å². The fraction of sp³-hybridized carbons (Fsp3) is 0.278. The molecule has 4 heteroatoms. The van der Waals surface area contributed by atoms with Crippen LogP contribution in [0.2, 0.25) is 0 Å². The van der Waals surface area contributed by atoms with Gasteiger partial charge in [-0.25, -0.2) is 4.39 Å². The first-order valence-electron chi connectivity index (χ1n) is 7.45. The Morgan fingerprint density at radius 3 is 2.86 bits per heavy atom. The van der Waals surface area contributed by atoms with E-state index in [4.69, 9.17) is 0 Å². The van der Waals surface area contributed by atoms with Crippen molar-refractivity contribution in [3.8, 4) is 0 Å². The number of nitrogens with one attached hydrogen (secondary N) is 1. The summed E-state index contributed by atoms with van der Waals surface area (Å²) in [6, 6.07) is 13.2. The molecule has 0 radical (unpaired) electrons. The number of hydrogen-bond acceptors (Lipinski definition) is 2. The van der Waals surface area contributed by atoms with E-state index < -0.39 is 0 Å². The van der Waals surface area contributed by atoms with Gasteiger partial charge in [-0.1, -0.05) is 24.3 Å². The molecule has 3 rings (SSSR count). The standard InChI is InChI=1S/C18H19FN2O/c1-12-7-8-15(10-16(12)19)20-18(22)11-21-13(2)9-14-5-3-4-6-17(14)21/h3-8,10,13H,9,11H2,1-2H3,(H,20,22)/t13-/m1/s1. The van der Waals surface area contributed by atoms with Crippen LogP contribution in [0.5, 0.6) is 0 Å². The van der Waals surface area contributed by atoms with Crippen molar-refractivity contribution in [1.82, 2.24) is 0 Å². The number of anilines is 2. The lowest BCUT2D eigenvalue weighted by Crippen LogP contribution is -2.37. The molecule has 1 heterocycles. The van der Waals surface area contributed by atoms with Gasteiger partial charge in [-0.05, 0) is 49.6 Å². The van der Waals surface area contributed by atoms with Crippen molar-refractivity contribution < 1.29 is 9.18 Å². The van der Waals surface area contributed by atoms with Gasteiger partial charge in [-0.3, -0.25) is 4.79 Å². The Hall–Kier alpha value is -2.36. The third kappa shape index (κ3) is 2.82. The van der Waals surface area contributed by atoms with Crippen LogP contribution in [0.25, 0.3) is 0 Å². The first-order valence-corrected chi connectivity index (χ1v) is 7.45. The van der Waals surface area contributed by atoms with Crippen molar-refractivity contribution in [3.63, 3.8) is 0 Å². The van der Waals surface area contributed by atoms with Crippen molar-refractivity contribution in [2.45, 2.75) is 26.3 Å². The van der Waals surface area contributed by atoms with Crippen LogP contribution in [0.4, 0.5) is 15.8 Å². The maximum absolute atomic E-state index is 13.5. The van der Waals surface area contributed by atoms with Crippen LogP contribution >= 0.6 is 0 Å². The number of carbonyl (C=O) groups is 1. The average Bonchev–Trinajstić information content (AvgIpc) is 2.79. The van der Waals surface area contributed by atoms with Crippen molar-refractivity contribution in [3.05, 3.63) is 59.4 Å². The van der Waals surface area contributed by atoms with Crippen molar-refractivity contribution in [1.29, 1.82) is 0 Å². The first kappa shape index (κ1) is 14.6. The molecule has 0 aliphatic carbocycles. The highest BCUT2D eigenvalue weighted by molar-refractivity contribution is 5.94. The van der Waals surface area contributed by atoms with Gasteiger partial charge in [-0.15, -0.1) is 0 Å². The number of aryl methyl sites for hydroxylation is 1. The Kier molecular flexibility index (Phi) is 3.84. The molecule has 1 aliphatic rings. The molecule has 1 aliphatic heterocycles. The lowest BCUT2D eigenvalue weighted by atomic mass is 10.1. The minimum Gasteiger partial charge on any atom is -0.359 e. The first-order chi connectivity index (χ1) is 10.5. The van der Waals surface area contributed by atoms with E-state index >= 15 is 0 Å². The monoisotopic (exact) mass is 298 g/mol. The van der Waals surface area contributed by atoms with E-state index in [2.05, 4.69) is 23.2 Å². The summed E-state index contributed by atoms with van der Waals surface area (Å²) in [5.41, 5.74) is 3.44. The normalized spacial score (nSPS) is 16.5. The molecule has 0 saturated heterocycles. The zero-order chi connectivity index (χ0) is 15.7. The Morgan fingerprint density at radius 2 is 2.09 bits per heavy atom. The molecule has 22 heavy (non-hydrogen) atoms. The smallest absolute Gasteiger partial charge is 0.243 e. The number of para-hydroxylation sites is 1. The highest BCUT2D eigenvalue weighted by Crippen LogP contribution is 2.31. The predicted molar refractivity (Wildman–Crippen MR) is 86.7 cm³/mol. The number of rotatable bonds is 3. The van der Waals surface area contributed by atoms with Gasteiger partial charge < -0.3 is 10.2 Å². The summed E-state index contributed by atoms with van der Waals surface area (Å²) in [6.45, 7) is 4.08. The third-order valence-electron chi connectivity index (χ3n) is 4.12. The molecule has 1 N–H and O–H groups in total. The highest BCUT2D eigenvalue weighted by Gasteiger charge is 2.26. The Labute approximate surface area is 129 Å². The molecular formula is C18H19FN2O. The van der Waals surface area contributed by atoms with Gasteiger partial charge in [0.25, 0.3) is 0 Å². The van der Waals surface area contributed by atoms with E-state index in [1.165, 1.54) is 11.6 Å². The fourth-order valence-electron chi connectivity index (χ4n) is 2.90. The lowest BCUT2D eigenvalue weighted by Gasteiger charge is -2.24. The van der Waals surface area contributed by atoms with Crippen LogP contribution in [-0.2, 0) is 11.2 Å². The largest absolute Gasteiger partial charge is 0.359 e. The van der Waals surface area contributed by atoms with E-state index in [0.717, 1.165) is 12.1 Å². The number of benzene rings is 2. The number of halogens is 1. The van der Waals surface area contributed by atoms with Gasteiger partial charge in [0.15, 0.2) is 0 Å². The molecule has 1 amide bonds. The summed E-state index contributed by atoms with van der Waals surface area (Å²) in [4.78, 5) is 14.3. The van der Waals surface area contributed by atoms with E-state index in [1.54, 1.807) is 19.1 Å². The average molecular weight is 298 g/mol. The Bertz CT molecular complexity index is 714. The number of carbonyl (C=O) groups excluding carboxylic acids is 1. The maximum Gasteiger partial charge on any atom is 0.243 e. The second-order valence-corrected chi connectivity index (χ2v) is 5.82. The van der Waals surface area contributed by atoms with E-state index in [-0.39, 0.29) is 24.3 Å². The summed E-state index contributed by atoms with van der Waals surface area (Å²) in [6.07, 6.45) is 0.947. The van der Waals surface area contributed by atoms with E-state index in [1.807, 2.05) is 18.2 Å². The molecule has 2 aromatic carbocycles. The summed E-state index contributed by atoms with van der Waals surface area (Å²) in [7, 11) is 0. The molecule has 0 bridgehead atoms. The quantitative estimate of drug-likeness (QED) is 0.940. The summed E-state index contributed by atoms with van der Waals surface area (Å²) < 4.78 is 13.5. The van der Waals surface area contributed by atoms with Gasteiger partial charge in [0.05, 0.1) is 6.54 Å². The van der Waals surface area contributed by atoms with Crippen LogP contribution in [0.1, 0.15) is 18.1 Å². The second kappa shape index (κ2) is 5.79. The summed E-state index contributed by atoms with van der Waals surface area (Å²) in [5.74, 6) is -0.440. The lowest BCUT2D eigenvalue weighted by molar-refractivity contribution is -0.115. The minimum atomic E-state index is -0.308. The summed E-state index contributed by atoms with van der Waals surface area (Å²) >= 11 is 0. The van der Waals surface area contributed by atoms with Crippen molar-refractivity contribution in [2.24, 2.45) is 0 Å². The fourth-order valence-corrected chi connectivity index (χ4v) is 2.90. The number of hydrogen-bond donors (Lipinski definition) is 1. The van der Waals surface area contributed by atoms with E-state index in [0.29, 0.717) is 11.3 Å². The maximum atomic E-state index is 13.5. The minimum absolute atomic E-state index is 0.133. The molecular weight excluding hydrogens is 279 g/mol. The SMILES string of the molecule is Cc1ccc(NC(=O)CN2c3ccccc3C[C@H]2C)cc1F. The van der Waals surface area contributed by atoms with Gasteiger partial charge in [0, 0.05) is 17.4 Å². The third-order valence-corrected chi connectivity index (χ3v) is 4.12. The van der Waals surface area contributed by atoms with Crippen LogP contribution in [-0.4, -0.2) is 18.5 Å². The molecule has 0 spiro atoms. The highest BCUT2D eigenvalue weighted by atomic mass is 19.1. The molecule has 0 unspecified atom stereocenters. The molecule has 0 saturated carbocycles. The molecule has 2 aromatic rings. The van der Waals surface area contributed by atoms with E-state index in [9.17, 15) is 9.18 Å². The van der Waals surface area contributed by atoms with Gasteiger partial charge >= 0.3 is 0 Å². The molecule has 1 atom stereocenters. The Morgan fingerprint density at radius 1 is 1.32 bits per heavy atom. The molecule has 0 aromatic heterocycles. The Balaban J connectivity index is 1.70. The predicted octanol–water partition coefficient (Wildman–Crippen LogP) is 3.52. The second-order valence-electron chi connectivity index (χ2n) is 5.82. The van der Waals surface area contributed by atoms with Crippen molar-refractivity contribution in [2.75, 3.05) is 16.8 Å². The number of fused-ring (bicyclic) bond motifs is 1. The summed E-state index contributed by atoms with van der Waals surface area (Å²) in [5, 5.41) is 2.77. The molecule has 3 nitrogen and oxygen atoms in total. The topological polar surface area (TPSA) is 32.3 Å². The molecule has 114 valence electrons. The zero-order valence-electron chi connectivity index (χ0n) is 12.8. The van der Waals surface area contributed by atoms with Crippen LogP contribution < -0.4 is 10.2 Å². The zero-order valence-corrected chi connectivity index (χ0v) is 12.8. The number of nitrogens with zero attached hydrogens (tertiary/aromatic N) is 1. The molecule has 0 fully saturated rings. The van der Waals surface area contributed by atoms with Gasteiger partial charge in [0.1, 0.15) is 5.82 Å². The van der Waals surface area contributed by atoms with Crippen LogP contribution in [0.3, 0.4) is 0 Å². The number of amides is 1.